The number of benzene rings is 1. The van der Waals surface area contributed by atoms with Gasteiger partial charge < -0.3 is 5.32 Å². The maximum Gasteiger partial charge on any atom is 0.263 e. The van der Waals surface area contributed by atoms with Crippen molar-refractivity contribution in [3.8, 4) is 0 Å². The maximum atomic E-state index is 12.6. The summed E-state index contributed by atoms with van der Waals surface area (Å²) >= 11 is 4.86. The van der Waals surface area contributed by atoms with Crippen molar-refractivity contribution in [2.75, 3.05) is 11.3 Å². The Bertz CT molecular complexity index is 726. The molecule has 0 bridgehead atoms. The van der Waals surface area contributed by atoms with E-state index in [1.165, 1.54) is 11.3 Å². The second-order valence-electron chi connectivity index (χ2n) is 4.53. The second-order valence-corrected chi connectivity index (χ2v) is 7.97. The number of hydrogen-bond donors (Lipinski definition) is 2. The molecular formula is C14H17BrN2O2S2. The maximum absolute atomic E-state index is 12.6. The zero-order valence-electron chi connectivity index (χ0n) is 11.8. The summed E-state index contributed by atoms with van der Waals surface area (Å²) in [5, 5.41) is 4.95. The number of aryl methyl sites for hydroxylation is 1. The van der Waals surface area contributed by atoms with Crippen LogP contribution in [0.4, 0.5) is 5.69 Å². The van der Waals surface area contributed by atoms with E-state index in [2.05, 4.69) is 26.0 Å². The molecule has 0 fully saturated rings. The molecule has 21 heavy (non-hydrogen) atoms. The van der Waals surface area contributed by atoms with Gasteiger partial charge in [0.05, 0.1) is 5.69 Å². The van der Waals surface area contributed by atoms with Gasteiger partial charge in [0.1, 0.15) is 4.90 Å². The van der Waals surface area contributed by atoms with E-state index in [4.69, 9.17) is 0 Å². The summed E-state index contributed by atoms with van der Waals surface area (Å²) in [6, 6.07) is 7.13. The SMILES string of the molecule is CCNCc1sccc1S(=O)(=O)Nc1cccc(C)c1Br. The molecule has 0 saturated carbocycles. The number of halogens is 1. The van der Waals surface area contributed by atoms with Crippen LogP contribution < -0.4 is 10.0 Å². The fourth-order valence-corrected chi connectivity index (χ4v) is 4.84. The number of hydrogen-bond acceptors (Lipinski definition) is 4. The van der Waals surface area contributed by atoms with Gasteiger partial charge in [-0.2, -0.15) is 0 Å². The predicted molar refractivity (Wildman–Crippen MR) is 91.4 cm³/mol. The van der Waals surface area contributed by atoms with Crippen molar-refractivity contribution in [2.24, 2.45) is 0 Å². The molecule has 1 aromatic heterocycles. The quantitative estimate of drug-likeness (QED) is 0.792. The van der Waals surface area contributed by atoms with Gasteiger partial charge >= 0.3 is 0 Å². The number of nitrogens with one attached hydrogen (secondary N) is 2. The first-order valence-corrected chi connectivity index (χ1v) is 9.66. The molecule has 7 heteroatoms. The second kappa shape index (κ2) is 6.91. The Hall–Kier alpha value is -0.890. The average Bonchev–Trinajstić information content (AvgIpc) is 2.91. The molecule has 2 aromatic rings. The van der Waals surface area contributed by atoms with Crippen LogP contribution in [0.15, 0.2) is 39.0 Å². The minimum absolute atomic E-state index is 0.335. The topological polar surface area (TPSA) is 58.2 Å². The molecule has 4 nitrogen and oxygen atoms in total. The molecule has 0 aliphatic heterocycles. The first-order chi connectivity index (χ1) is 9.95. The van der Waals surface area contributed by atoms with E-state index in [9.17, 15) is 8.42 Å². The van der Waals surface area contributed by atoms with Crippen LogP contribution in [0.1, 0.15) is 17.4 Å². The predicted octanol–water partition coefficient (Wildman–Crippen LogP) is 3.73. The van der Waals surface area contributed by atoms with E-state index in [-0.39, 0.29) is 0 Å². The third-order valence-electron chi connectivity index (χ3n) is 2.97. The molecule has 0 atom stereocenters. The minimum Gasteiger partial charge on any atom is -0.312 e. The van der Waals surface area contributed by atoms with Gasteiger partial charge in [0, 0.05) is 15.9 Å². The van der Waals surface area contributed by atoms with Crippen LogP contribution in [-0.4, -0.2) is 15.0 Å². The van der Waals surface area contributed by atoms with E-state index >= 15 is 0 Å². The van der Waals surface area contributed by atoms with Gasteiger partial charge in [-0.3, -0.25) is 4.72 Å². The van der Waals surface area contributed by atoms with Crippen molar-refractivity contribution < 1.29 is 8.42 Å². The number of thiophene rings is 1. The first-order valence-electron chi connectivity index (χ1n) is 6.50. The average molecular weight is 389 g/mol. The van der Waals surface area contributed by atoms with Gasteiger partial charge in [-0.25, -0.2) is 8.42 Å². The molecule has 1 aromatic carbocycles. The molecule has 2 rings (SSSR count). The van der Waals surface area contributed by atoms with Crippen LogP contribution in [0.3, 0.4) is 0 Å². The highest BCUT2D eigenvalue weighted by Gasteiger charge is 2.20. The van der Waals surface area contributed by atoms with Crippen molar-refractivity contribution in [3.63, 3.8) is 0 Å². The van der Waals surface area contributed by atoms with Crippen LogP contribution in [-0.2, 0) is 16.6 Å². The molecule has 0 aliphatic carbocycles. The van der Waals surface area contributed by atoms with Crippen molar-refractivity contribution >= 4 is 43.0 Å². The monoisotopic (exact) mass is 388 g/mol. The fraction of sp³-hybridized carbons (Fsp3) is 0.286. The van der Waals surface area contributed by atoms with Gasteiger partial charge in [-0.1, -0.05) is 19.1 Å². The molecule has 0 amide bonds. The van der Waals surface area contributed by atoms with Crippen LogP contribution in [0.5, 0.6) is 0 Å². The highest BCUT2D eigenvalue weighted by molar-refractivity contribution is 9.10. The lowest BCUT2D eigenvalue weighted by Gasteiger charge is -2.11. The molecule has 0 spiro atoms. The summed E-state index contributed by atoms with van der Waals surface area (Å²) in [4.78, 5) is 1.15. The third-order valence-corrected chi connectivity index (χ3v) is 6.52. The van der Waals surface area contributed by atoms with Crippen LogP contribution >= 0.6 is 27.3 Å². The van der Waals surface area contributed by atoms with Gasteiger partial charge in [-0.15, -0.1) is 11.3 Å². The zero-order valence-corrected chi connectivity index (χ0v) is 15.0. The molecule has 0 unspecified atom stereocenters. The molecule has 114 valence electrons. The van der Waals surface area contributed by atoms with Crippen molar-refractivity contribution in [1.82, 2.24) is 5.32 Å². The van der Waals surface area contributed by atoms with Crippen LogP contribution in [0.2, 0.25) is 0 Å². The molecule has 1 heterocycles. The highest BCUT2D eigenvalue weighted by Crippen LogP contribution is 2.30. The van der Waals surface area contributed by atoms with E-state index in [1.54, 1.807) is 17.5 Å². The number of sulfonamides is 1. The lowest BCUT2D eigenvalue weighted by atomic mass is 10.2. The minimum atomic E-state index is -3.58. The van der Waals surface area contributed by atoms with Crippen molar-refractivity contribution in [3.05, 3.63) is 44.6 Å². The summed E-state index contributed by atoms with van der Waals surface area (Å²) in [7, 11) is -3.58. The Kier molecular flexibility index (Phi) is 5.43. The summed E-state index contributed by atoms with van der Waals surface area (Å²) in [5.41, 5.74) is 1.53. The first kappa shape index (κ1) is 16.5. The van der Waals surface area contributed by atoms with Crippen LogP contribution in [0, 0.1) is 6.92 Å². The Balaban J connectivity index is 2.30. The van der Waals surface area contributed by atoms with E-state index in [0.29, 0.717) is 17.1 Å². The lowest BCUT2D eigenvalue weighted by molar-refractivity contribution is 0.599. The Labute approximate surface area is 137 Å². The smallest absolute Gasteiger partial charge is 0.263 e. The molecule has 0 radical (unpaired) electrons. The molecular weight excluding hydrogens is 372 g/mol. The largest absolute Gasteiger partial charge is 0.312 e. The van der Waals surface area contributed by atoms with Gasteiger partial charge in [0.25, 0.3) is 10.0 Å². The summed E-state index contributed by atoms with van der Waals surface area (Å²) in [6.45, 7) is 5.26. The number of rotatable bonds is 6. The summed E-state index contributed by atoms with van der Waals surface area (Å²) < 4.78 is 28.5. The summed E-state index contributed by atoms with van der Waals surface area (Å²) in [6.07, 6.45) is 0. The lowest BCUT2D eigenvalue weighted by Crippen LogP contribution is -2.17. The van der Waals surface area contributed by atoms with Crippen molar-refractivity contribution in [2.45, 2.75) is 25.3 Å². The zero-order chi connectivity index (χ0) is 15.5. The van der Waals surface area contributed by atoms with Gasteiger partial charge in [0.15, 0.2) is 0 Å². The number of anilines is 1. The van der Waals surface area contributed by atoms with Gasteiger partial charge in [0.2, 0.25) is 0 Å². The molecule has 0 saturated heterocycles. The molecule has 0 aliphatic rings. The van der Waals surface area contributed by atoms with Crippen LogP contribution in [0.25, 0.3) is 0 Å². The third kappa shape index (κ3) is 3.85. The van der Waals surface area contributed by atoms with Crippen molar-refractivity contribution in [1.29, 1.82) is 0 Å². The van der Waals surface area contributed by atoms with E-state index in [1.807, 2.05) is 26.0 Å². The normalized spacial score (nSPS) is 11.6. The highest BCUT2D eigenvalue weighted by atomic mass is 79.9. The van der Waals surface area contributed by atoms with E-state index in [0.717, 1.165) is 21.5 Å². The standard InChI is InChI=1S/C14H17BrN2O2S2/c1-3-16-9-12-13(7-8-20-12)21(18,19)17-11-6-4-5-10(2)14(11)15/h4-8,16-17H,3,9H2,1-2H3. The summed E-state index contributed by atoms with van der Waals surface area (Å²) in [5.74, 6) is 0. The van der Waals surface area contributed by atoms with E-state index < -0.39 is 10.0 Å². The Morgan fingerprint density at radius 1 is 1.29 bits per heavy atom. The Morgan fingerprint density at radius 3 is 2.76 bits per heavy atom. The van der Waals surface area contributed by atoms with Gasteiger partial charge in [-0.05, 0) is 52.5 Å². The Morgan fingerprint density at radius 2 is 2.05 bits per heavy atom. The molecule has 2 N–H and O–H groups in total. The fourth-order valence-electron chi connectivity index (χ4n) is 1.86.